The highest BCUT2D eigenvalue weighted by atomic mass is 16.3. The van der Waals surface area contributed by atoms with Crippen molar-refractivity contribution in [3.05, 3.63) is 63.0 Å². The van der Waals surface area contributed by atoms with Gasteiger partial charge in [0.15, 0.2) is 5.65 Å². The molecule has 154 valence electrons. The zero-order chi connectivity index (χ0) is 21.3. The van der Waals surface area contributed by atoms with Crippen molar-refractivity contribution in [1.29, 1.82) is 0 Å². The van der Waals surface area contributed by atoms with Gasteiger partial charge in [0.25, 0.3) is 5.62 Å². The Morgan fingerprint density at radius 2 is 2.10 bits per heavy atom. The summed E-state index contributed by atoms with van der Waals surface area (Å²) in [7, 11) is 0. The SMILES string of the molecule is CC(C)N=c1nc(NCc2cccc(O)c2)nc2c(=Cc3[nH]c(=O)[nH]c3O)cnn12. The van der Waals surface area contributed by atoms with E-state index in [1.54, 1.807) is 30.5 Å². The average molecular weight is 408 g/mol. The molecule has 0 aliphatic carbocycles. The Kier molecular flexibility index (Phi) is 4.92. The van der Waals surface area contributed by atoms with Gasteiger partial charge in [0.1, 0.15) is 11.4 Å². The molecular weight excluding hydrogens is 388 g/mol. The smallest absolute Gasteiger partial charge is 0.326 e. The summed E-state index contributed by atoms with van der Waals surface area (Å²) >= 11 is 0. The number of anilines is 1. The lowest BCUT2D eigenvalue weighted by Gasteiger charge is -2.06. The van der Waals surface area contributed by atoms with Gasteiger partial charge in [-0.3, -0.25) is 4.98 Å². The van der Waals surface area contributed by atoms with Crippen LogP contribution in [0.4, 0.5) is 5.95 Å². The van der Waals surface area contributed by atoms with E-state index in [-0.39, 0.29) is 23.4 Å². The number of benzene rings is 1. The maximum absolute atomic E-state index is 11.4. The van der Waals surface area contributed by atoms with Gasteiger partial charge in [0, 0.05) is 17.8 Å². The number of aromatic amines is 2. The Labute approximate surface area is 169 Å². The van der Waals surface area contributed by atoms with E-state index in [0.717, 1.165) is 5.56 Å². The zero-order valence-electron chi connectivity index (χ0n) is 16.3. The van der Waals surface area contributed by atoms with Gasteiger partial charge < -0.3 is 20.5 Å². The van der Waals surface area contributed by atoms with Gasteiger partial charge in [-0.25, -0.2) is 9.79 Å². The summed E-state index contributed by atoms with van der Waals surface area (Å²) in [6.07, 6.45) is 3.11. The summed E-state index contributed by atoms with van der Waals surface area (Å²) < 4.78 is 1.49. The van der Waals surface area contributed by atoms with E-state index < -0.39 is 5.69 Å². The van der Waals surface area contributed by atoms with Crippen molar-refractivity contribution in [3.63, 3.8) is 0 Å². The normalized spacial score (nSPS) is 12.9. The first kappa shape index (κ1) is 19.2. The number of phenols is 1. The minimum Gasteiger partial charge on any atom is -0.508 e. The predicted octanol–water partition coefficient (Wildman–Crippen LogP) is 0.0208. The first-order valence-corrected chi connectivity index (χ1v) is 9.23. The number of aromatic hydroxyl groups is 2. The topological polar surface area (TPSA) is 157 Å². The van der Waals surface area contributed by atoms with Crippen LogP contribution in [0.15, 0.2) is 40.2 Å². The third-order valence-corrected chi connectivity index (χ3v) is 4.15. The molecule has 0 aliphatic heterocycles. The second-order valence-corrected chi connectivity index (χ2v) is 6.91. The lowest BCUT2D eigenvalue weighted by molar-refractivity contribution is 0.454. The molecule has 0 aliphatic rings. The number of fused-ring (bicyclic) bond motifs is 1. The van der Waals surface area contributed by atoms with E-state index in [9.17, 15) is 15.0 Å². The number of imidazole rings is 1. The Morgan fingerprint density at radius 3 is 2.80 bits per heavy atom. The molecule has 4 rings (SSSR count). The number of hydrogen-bond donors (Lipinski definition) is 5. The lowest BCUT2D eigenvalue weighted by Crippen LogP contribution is -2.25. The second-order valence-electron chi connectivity index (χ2n) is 6.91. The molecule has 0 unspecified atom stereocenters. The fourth-order valence-electron chi connectivity index (χ4n) is 2.87. The van der Waals surface area contributed by atoms with E-state index in [4.69, 9.17) is 0 Å². The second kappa shape index (κ2) is 7.70. The summed E-state index contributed by atoms with van der Waals surface area (Å²) in [5.41, 5.74) is 1.36. The number of nitrogens with one attached hydrogen (secondary N) is 3. The van der Waals surface area contributed by atoms with Gasteiger partial charge >= 0.3 is 5.69 Å². The van der Waals surface area contributed by atoms with Gasteiger partial charge in [0.2, 0.25) is 11.8 Å². The molecule has 11 nitrogen and oxygen atoms in total. The van der Waals surface area contributed by atoms with Crippen molar-refractivity contribution < 1.29 is 10.2 Å². The van der Waals surface area contributed by atoms with E-state index in [2.05, 4.69) is 35.3 Å². The quantitative estimate of drug-likeness (QED) is 0.312. The van der Waals surface area contributed by atoms with Crippen LogP contribution in [0, 0.1) is 0 Å². The molecule has 0 saturated carbocycles. The summed E-state index contributed by atoms with van der Waals surface area (Å²) in [6, 6.07) is 6.84. The average Bonchev–Trinajstić information content (AvgIpc) is 3.23. The van der Waals surface area contributed by atoms with Gasteiger partial charge in [-0.15, -0.1) is 0 Å². The van der Waals surface area contributed by atoms with Crippen LogP contribution in [-0.4, -0.2) is 45.8 Å². The minimum absolute atomic E-state index is 0.0243. The number of rotatable bonds is 5. The Bertz CT molecular complexity index is 1380. The maximum Gasteiger partial charge on any atom is 0.326 e. The monoisotopic (exact) mass is 408 g/mol. The van der Waals surface area contributed by atoms with Crippen LogP contribution >= 0.6 is 0 Å². The molecule has 5 N–H and O–H groups in total. The Balaban J connectivity index is 1.81. The number of H-pyrrole nitrogens is 2. The van der Waals surface area contributed by atoms with Crippen molar-refractivity contribution >= 4 is 17.7 Å². The summed E-state index contributed by atoms with van der Waals surface area (Å²) in [5.74, 6) is 0.226. The summed E-state index contributed by atoms with van der Waals surface area (Å²) in [4.78, 5) is 29.6. The Morgan fingerprint density at radius 1 is 1.27 bits per heavy atom. The van der Waals surface area contributed by atoms with Crippen LogP contribution < -0.4 is 21.8 Å². The van der Waals surface area contributed by atoms with E-state index >= 15 is 0 Å². The molecule has 4 aromatic rings. The van der Waals surface area contributed by atoms with E-state index in [1.165, 1.54) is 4.52 Å². The van der Waals surface area contributed by atoms with Gasteiger partial charge in [0.05, 0.1) is 6.20 Å². The number of nitrogens with zero attached hydrogens (tertiary/aromatic N) is 5. The minimum atomic E-state index is -0.520. The van der Waals surface area contributed by atoms with Crippen LogP contribution in [-0.2, 0) is 6.54 Å². The summed E-state index contributed by atoms with van der Waals surface area (Å²) in [6.45, 7) is 4.24. The van der Waals surface area contributed by atoms with Crippen molar-refractivity contribution in [3.8, 4) is 11.6 Å². The molecule has 3 heterocycles. The van der Waals surface area contributed by atoms with Gasteiger partial charge in [-0.2, -0.15) is 19.6 Å². The van der Waals surface area contributed by atoms with Crippen molar-refractivity contribution in [1.82, 2.24) is 29.5 Å². The lowest BCUT2D eigenvalue weighted by atomic mass is 10.2. The third-order valence-electron chi connectivity index (χ3n) is 4.15. The van der Waals surface area contributed by atoms with Crippen LogP contribution in [0.1, 0.15) is 25.1 Å². The van der Waals surface area contributed by atoms with Crippen LogP contribution in [0.25, 0.3) is 11.7 Å². The molecule has 11 heteroatoms. The summed E-state index contributed by atoms with van der Waals surface area (Å²) in [5, 5.41) is 27.4. The standard InChI is InChI=1S/C19H20N8O3/c1-10(2)22-18-26-17(20-8-11-4-3-5-13(28)6-11)24-15-12(9-21-27(15)18)7-14-16(29)25-19(30)23-14/h3-7,9-10,28-29H,8H2,1-2H3,(H,20,22,26)(H2,23,25,30). The van der Waals surface area contributed by atoms with E-state index in [0.29, 0.717) is 29.0 Å². The molecule has 0 saturated heterocycles. The predicted molar refractivity (Wildman–Crippen MR) is 109 cm³/mol. The number of aromatic nitrogens is 6. The first-order valence-electron chi connectivity index (χ1n) is 9.23. The Hall–Kier alpha value is -4.15. The van der Waals surface area contributed by atoms with Crippen LogP contribution in [0.3, 0.4) is 0 Å². The van der Waals surface area contributed by atoms with Crippen molar-refractivity contribution in [2.45, 2.75) is 26.4 Å². The fraction of sp³-hybridized carbons (Fsp3) is 0.211. The third kappa shape index (κ3) is 3.99. The van der Waals surface area contributed by atoms with E-state index in [1.807, 2.05) is 19.9 Å². The molecule has 0 bridgehead atoms. The first-order chi connectivity index (χ1) is 14.4. The van der Waals surface area contributed by atoms with Crippen molar-refractivity contribution in [2.24, 2.45) is 4.99 Å². The molecule has 3 aromatic heterocycles. The van der Waals surface area contributed by atoms with Crippen LogP contribution in [0.2, 0.25) is 0 Å². The van der Waals surface area contributed by atoms with Gasteiger partial charge in [-0.05, 0) is 37.6 Å². The molecule has 0 spiro atoms. The number of hydrogen-bond acceptors (Lipinski definition) is 8. The molecule has 1 aromatic carbocycles. The molecular formula is C19H20N8O3. The molecule has 0 amide bonds. The largest absolute Gasteiger partial charge is 0.508 e. The molecule has 0 atom stereocenters. The molecule has 0 radical (unpaired) electrons. The highest BCUT2D eigenvalue weighted by molar-refractivity contribution is 5.57. The maximum atomic E-state index is 11.4. The zero-order valence-corrected chi connectivity index (χ0v) is 16.3. The van der Waals surface area contributed by atoms with Gasteiger partial charge in [-0.1, -0.05) is 12.1 Å². The number of phenolic OH excluding ortho intramolecular Hbond substituents is 1. The molecule has 0 fully saturated rings. The van der Waals surface area contributed by atoms with Crippen molar-refractivity contribution in [2.75, 3.05) is 5.32 Å². The molecule has 30 heavy (non-hydrogen) atoms. The highest BCUT2D eigenvalue weighted by Crippen LogP contribution is 2.12. The highest BCUT2D eigenvalue weighted by Gasteiger charge is 2.09. The fourth-order valence-corrected chi connectivity index (χ4v) is 2.87. The van der Waals surface area contributed by atoms with Crippen LogP contribution in [0.5, 0.6) is 11.6 Å².